The van der Waals surface area contributed by atoms with Crippen LogP contribution in [0.1, 0.15) is 40.0 Å². The highest BCUT2D eigenvalue weighted by atomic mass is 16.5. The normalized spacial score (nSPS) is 29.5. The first-order valence-corrected chi connectivity index (χ1v) is 4.79. The minimum Gasteiger partial charge on any atom is -0.462 e. The van der Waals surface area contributed by atoms with Gasteiger partial charge in [0.05, 0.1) is 6.42 Å². The molecule has 0 saturated carbocycles. The molecule has 0 unspecified atom stereocenters. The van der Waals surface area contributed by atoms with E-state index in [-0.39, 0.29) is 12.1 Å². The molecule has 1 aliphatic heterocycles. The molecule has 2 atom stereocenters. The number of rotatable bonds is 3. The standard InChI is InChI=1S/C10H18O2/c1-7(2)4-5-9-8(3)6-10(11)12-9/h7-9H,4-6H2,1-3H3/t8-,9-/m1/s1. The van der Waals surface area contributed by atoms with Gasteiger partial charge in [-0.2, -0.15) is 0 Å². The van der Waals surface area contributed by atoms with Crippen LogP contribution in [-0.4, -0.2) is 12.1 Å². The van der Waals surface area contributed by atoms with Gasteiger partial charge in [0.2, 0.25) is 0 Å². The maximum Gasteiger partial charge on any atom is 0.306 e. The van der Waals surface area contributed by atoms with E-state index in [1.165, 1.54) is 0 Å². The summed E-state index contributed by atoms with van der Waals surface area (Å²) in [5, 5.41) is 0. The lowest BCUT2D eigenvalue weighted by Gasteiger charge is -2.14. The van der Waals surface area contributed by atoms with E-state index in [0.29, 0.717) is 18.3 Å². The molecule has 0 aromatic carbocycles. The van der Waals surface area contributed by atoms with E-state index >= 15 is 0 Å². The van der Waals surface area contributed by atoms with Gasteiger partial charge in [-0.05, 0) is 18.8 Å². The summed E-state index contributed by atoms with van der Waals surface area (Å²) in [6.07, 6.45) is 3.00. The minimum atomic E-state index is -0.0174. The second-order valence-corrected chi connectivity index (χ2v) is 4.18. The quantitative estimate of drug-likeness (QED) is 0.608. The first-order valence-electron chi connectivity index (χ1n) is 4.79. The van der Waals surface area contributed by atoms with Crippen molar-refractivity contribution in [1.82, 2.24) is 0 Å². The molecule has 0 radical (unpaired) electrons. The van der Waals surface area contributed by atoms with E-state index < -0.39 is 0 Å². The van der Waals surface area contributed by atoms with Gasteiger partial charge in [0.25, 0.3) is 0 Å². The molecule has 1 saturated heterocycles. The van der Waals surface area contributed by atoms with Crippen LogP contribution in [0.25, 0.3) is 0 Å². The summed E-state index contributed by atoms with van der Waals surface area (Å²) in [6.45, 7) is 6.48. The van der Waals surface area contributed by atoms with Crippen LogP contribution in [0.3, 0.4) is 0 Å². The van der Waals surface area contributed by atoms with Gasteiger partial charge < -0.3 is 4.74 Å². The molecule has 0 N–H and O–H groups in total. The van der Waals surface area contributed by atoms with Crippen molar-refractivity contribution in [1.29, 1.82) is 0 Å². The zero-order chi connectivity index (χ0) is 9.14. The van der Waals surface area contributed by atoms with Crippen molar-refractivity contribution >= 4 is 5.97 Å². The number of carbonyl (C=O) groups excluding carboxylic acids is 1. The Morgan fingerprint density at radius 1 is 1.58 bits per heavy atom. The third-order valence-electron chi connectivity index (χ3n) is 2.43. The summed E-state index contributed by atoms with van der Waals surface area (Å²) in [5.41, 5.74) is 0. The second kappa shape index (κ2) is 3.92. The fourth-order valence-corrected chi connectivity index (χ4v) is 1.57. The number of cyclic esters (lactones) is 1. The van der Waals surface area contributed by atoms with Gasteiger partial charge in [-0.3, -0.25) is 4.79 Å². The van der Waals surface area contributed by atoms with Crippen molar-refractivity contribution in [2.45, 2.75) is 46.1 Å². The molecule has 1 fully saturated rings. The molecular weight excluding hydrogens is 152 g/mol. The molecule has 1 heterocycles. The average Bonchev–Trinajstić information content (AvgIpc) is 2.26. The fraction of sp³-hybridized carbons (Fsp3) is 0.900. The SMILES string of the molecule is CC(C)CC[C@H]1OC(=O)C[C@H]1C. The second-order valence-electron chi connectivity index (χ2n) is 4.18. The summed E-state index contributed by atoms with van der Waals surface area (Å²) in [5.74, 6) is 1.11. The van der Waals surface area contributed by atoms with Gasteiger partial charge in [-0.15, -0.1) is 0 Å². The minimum absolute atomic E-state index is 0.0174. The van der Waals surface area contributed by atoms with Gasteiger partial charge in [-0.25, -0.2) is 0 Å². The summed E-state index contributed by atoms with van der Waals surface area (Å²) in [6, 6.07) is 0. The summed E-state index contributed by atoms with van der Waals surface area (Å²) in [7, 11) is 0. The van der Waals surface area contributed by atoms with Gasteiger partial charge in [0.15, 0.2) is 0 Å². The summed E-state index contributed by atoms with van der Waals surface area (Å²) >= 11 is 0. The molecule has 1 rings (SSSR count). The molecule has 0 aromatic heterocycles. The zero-order valence-electron chi connectivity index (χ0n) is 8.17. The van der Waals surface area contributed by atoms with Crippen LogP contribution in [-0.2, 0) is 9.53 Å². The first kappa shape index (κ1) is 9.56. The van der Waals surface area contributed by atoms with E-state index in [1.807, 2.05) is 0 Å². The Morgan fingerprint density at radius 3 is 2.67 bits per heavy atom. The van der Waals surface area contributed by atoms with Gasteiger partial charge >= 0.3 is 5.97 Å². The summed E-state index contributed by atoms with van der Waals surface area (Å²) < 4.78 is 5.19. The van der Waals surface area contributed by atoms with Crippen LogP contribution in [0.2, 0.25) is 0 Å². The number of esters is 1. The monoisotopic (exact) mass is 170 g/mol. The van der Waals surface area contributed by atoms with Crippen LogP contribution in [0.5, 0.6) is 0 Å². The molecule has 0 aliphatic carbocycles. The van der Waals surface area contributed by atoms with Gasteiger partial charge in [-0.1, -0.05) is 20.8 Å². The predicted molar refractivity (Wildman–Crippen MR) is 47.7 cm³/mol. The molecule has 2 heteroatoms. The lowest BCUT2D eigenvalue weighted by Crippen LogP contribution is -2.14. The Kier molecular flexibility index (Phi) is 3.12. The molecule has 0 amide bonds. The molecule has 1 aliphatic rings. The molecule has 12 heavy (non-hydrogen) atoms. The topological polar surface area (TPSA) is 26.3 Å². The van der Waals surface area contributed by atoms with E-state index in [2.05, 4.69) is 20.8 Å². The molecule has 0 aromatic rings. The Labute approximate surface area is 74.3 Å². The highest BCUT2D eigenvalue weighted by molar-refractivity contribution is 5.71. The van der Waals surface area contributed by atoms with E-state index in [0.717, 1.165) is 12.8 Å². The van der Waals surface area contributed by atoms with Crippen LogP contribution in [0.4, 0.5) is 0 Å². The van der Waals surface area contributed by atoms with Crippen molar-refractivity contribution < 1.29 is 9.53 Å². The van der Waals surface area contributed by atoms with Crippen LogP contribution < -0.4 is 0 Å². The van der Waals surface area contributed by atoms with Crippen molar-refractivity contribution in [3.05, 3.63) is 0 Å². The van der Waals surface area contributed by atoms with E-state index in [4.69, 9.17) is 4.74 Å². The van der Waals surface area contributed by atoms with Crippen molar-refractivity contribution in [2.75, 3.05) is 0 Å². The van der Waals surface area contributed by atoms with Crippen molar-refractivity contribution in [2.24, 2.45) is 11.8 Å². The zero-order valence-corrected chi connectivity index (χ0v) is 8.17. The van der Waals surface area contributed by atoms with Crippen molar-refractivity contribution in [3.63, 3.8) is 0 Å². The maximum atomic E-state index is 10.9. The highest BCUT2D eigenvalue weighted by Gasteiger charge is 2.30. The van der Waals surface area contributed by atoms with Crippen molar-refractivity contribution in [3.8, 4) is 0 Å². The number of hydrogen-bond donors (Lipinski definition) is 0. The Bertz CT molecular complexity index is 163. The van der Waals surface area contributed by atoms with Gasteiger partial charge in [0.1, 0.15) is 6.10 Å². The highest BCUT2D eigenvalue weighted by Crippen LogP contribution is 2.26. The number of hydrogen-bond acceptors (Lipinski definition) is 2. The maximum absolute atomic E-state index is 10.9. The van der Waals surface area contributed by atoms with E-state index in [9.17, 15) is 4.79 Å². The molecule has 0 spiro atoms. The van der Waals surface area contributed by atoms with Crippen LogP contribution >= 0.6 is 0 Å². The predicted octanol–water partition coefficient (Wildman–Crippen LogP) is 2.37. The lowest BCUT2D eigenvalue weighted by atomic mass is 9.96. The summed E-state index contributed by atoms with van der Waals surface area (Å²) in [4.78, 5) is 10.9. The lowest BCUT2D eigenvalue weighted by molar-refractivity contribution is -0.141. The largest absolute Gasteiger partial charge is 0.462 e. The molecule has 70 valence electrons. The number of ether oxygens (including phenoxy) is 1. The average molecular weight is 170 g/mol. The molecule has 2 nitrogen and oxygen atoms in total. The van der Waals surface area contributed by atoms with Crippen LogP contribution in [0.15, 0.2) is 0 Å². The fourth-order valence-electron chi connectivity index (χ4n) is 1.57. The number of carbonyl (C=O) groups is 1. The Morgan fingerprint density at radius 2 is 2.25 bits per heavy atom. The third-order valence-corrected chi connectivity index (χ3v) is 2.43. The third kappa shape index (κ3) is 2.50. The van der Waals surface area contributed by atoms with Crippen LogP contribution in [0, 0.1) is 11.8 Å². The Balaban J connectivity index is 2.28. The van der Waals surface area contributed by atoms with E-state index in [1.54, 1.807) is 0 Å². The smallest absolute Gasteiger partial charge is 0.306 e. The first-order chi connectivity index (χ1) is 5.59. The Hall–Kier alpha value is -0.530. The van der Waals surface area contributed by atoms with Gasteiger partial charge in [0, 0.05) is 5.92 Å². The molecule has 0 bridgehead atoms. The molecular formula is C10H18O2.